The van der Waals surface area contributed by atoms with Crippen LogP contribution in [0.15, 0.2) is 30.3 Å². The van der Waals surface area contributed by atoms with Gasteiger partial charge in [-0.15, -0.1) is 0 Å². The van der Waals surface area contributed by atoms with Gasteiger partial charge in [0.25, 0.3) is 0 Å². The minimum absolute atomic E-state index is 0.0939. The standard InChI is InChI=1S/C11H15O3P/c1-11(2)8-13-15(12)14-10(11)9-6-4-3-5-7-9/h3-7,10,12H,8H2,1-2H3/t10-,15?/m1/s1. The van der Waals surface area contributed by atoms with E-state index in [2.05, 4.69) is 13.8 Å². The predicted molar refractivity (Wildman–Crippen MR) is 59.1 cm³/mol. The van der Waals surface area contributed by atoms with E-state index >= 15 is 0 Å². The van der Waals surface area contributed by atoms with Crippen LogP contribution in [0, 0.1) is 5.41 Å². The average molecular weight is 226 g/mol. The fourth-order valence-electron chi connectivity index (χ4n) is 1.70. The topological polar surface area (TPSA) is 38.7 Å². The second kappa shape index (κ2) is 4.18. The van der Waals surface area contributed by atoms with E-state index in [4.69, 9.17) is 9.05 Å². The van der Waals surface area contributed by atoms with Crippen molar-refractivity contribution in [3.05, 3.63) is 35.9 Å². The van der Waals surface area contributed by atoms with Crippen molar-refractivity contribution < 1.29 is 13.9 Å². The van der Waals surface area contributed by atoms with Crippen molar-refractivity contribution in [3.63, 3.8) is 0 Å². The molecular weight excluding hydrogens is 211 g/mol. The van der Waals surface area contributed by atoms with E-state index in [-0.39, 0.29) is 11.5 Å². The quantitative estimate of drug-likeness (QED) is 0.748. The molecule has 3 nitrogen and oxygen atoms in total. The van der Waals surface area contributed by atoms with E-state index in [0.717, 1.165) is 5.56 Å². The Hall–Kier alpha value is -0.470. The summed E-state index contributed by atoms with van der Waals surface area (Å²) in [5.41, 5.74) is 0.982. The number of hydrogen-bond acceptors (Lipinski definition) is 3. The van der Waals surface area contributed by atoms with Crippen molar-refractivity contribution in [1.29, 1.82) is 0 Å². The van der Waals surface area contributed by atoms with Crippen LogP contribution in [0.3, 0.4) is 0 Å². The van der Waals surface area contributed by atoms with Crippen LogP contribution in [0.2, 0.25) is 0 Å². The third-order valence-corrected chi connectivity index (χ3v) is 3.30. The molecule has 0 saturated carbocycles. The fourth-order valence-corrected chi connectivity index (χ4v) is 2.79. The zero-order valence-corrected chi connectivity index (χ0v) is 9.78. The summed E-state index contributed by atoms with van der Waals surface area (Å²) >= 11 is 0. The van der Waals surface area contributed by atoms with Crippen molar-refractivity contribution in [1.82, 2.24) is 0 Å². The van der Waals surface area contributed by atoms with Gasteiger partial charge in [0.2, 0.25) is 0 Å². The Balaban J connectivity index is 2.26. The highest BCUT2D eigenvalue weighted by Crippen LogP contribution is 2.52. The van der Waals surface area contributed by atoms with Crippen LogP contribution < -0.4 is 0 Å². The molecule has 1 heterocycles. The molecule has 0 spiro atoms. The van der Waals surface area contributed by atoms with E-state index in [0.29, 0.717) is 6.61 Å². The molecule has 0 radical (unpaired) electrons. The maximum Gasteiger partial charge on any atom is 0.330 e. The third kappa shape index (κ3) is 2.37. The van der Waals surface area contributed by atoms with Gasteiger partial charge in [0.1, 0.15) is 0 Å². The normalized spacial score (nSPS) is 30.1. The molecule has 4 heteroatoms. The lowest BCUT2D eigenvalue weighted by atomic mass is 9.83. The highest BCUT2D eigenvalue weighted by molar-refractivity contribution is 7.40. The van der Waals surface area contributed by atoms with Crippen molar-refractivity contribution in [2.45, 2.75) is 20.0 Å². The monoisotopic (exact) mass is 226 g/mol. The second-order valence-corrected chi connectivity index (χ2v) is 5.34. The first-order chi connectivity index (χ1) is 7.09. The van der Waals surface area contributed by atoms with Crippen LogP contribution >= 0.6 is 8.60 Å². The number of benzene rings is 1. The molecule has 1 aliphatic rings. The summed E-state index contributed by atoms with van der Waals surface area (Å²) in [7, 11) is -1.71. The molecule has 1 unspecified atom stereocenters. The minimum Gasteiger partial charge on any atom is -0.328 e. The molecule has 0 bridgehead atoms. The van der Waals surface area contributed by atoms with E-state index in [1.54, 1.807) is 0 Å². The summed E-state index contributed by atoms with van der Waals surface area (Å²) < 4.78 is 10.6. The van der Waals surface area contributed by atoms with Gasteiger partial charge in [-0.1, -0.05) is 44.2 Å². The summed E-state index contributed by atoms with van der Waals surface area (Å²) in [5, 5.41) is 0. The lowest BCUT2D eigenvalue weighted by Gasteiger charge is -2.39. The molecule has 2 atom stereocenters. The van der Waals surface area contributed by atoms with E-state index in [1.165, 1.54) is 0 Å². The Bertz CT molecular complexity index is 326. The van der Waals surface area contributed by atoms with Gasteiger partial charge in [0, 0.05) is 5.41 Å². The first kappa shape index (κ1) is 11.0. The average Bonchev–Trinajstić information content (AvgIpc) is 2.23. The summed E-state index contributed by atoms with van der Waals surface area (Å²) in [6, 6.07) is 9.95. The van der Waals surface area contributed by atoms with Gasteiger partial charge < -0.3 is 13.9 Å². The molecule has 0 aliphatic carbocycles. The first-order valence-electron chi connectivity index (χ1n) is 4.93. The van der Waals surface area contributed by atoms with E-state index in [9.17, 15) is 4.89 Å². The lowest BCUT2D eigenvalue weighted by molar-refractivity contribution is -0.0277. The van der Waals surface area contributed by atoms with Gasteiger partial charge in [0.15, 0.2) is 0 Å². The van der Waals surface area contributed by atoms with Gasteiger partial charge in [-0.2, -0.15) is 0 Å². The summed E-state index contributed by atoms with van der Waals surface area (Å²) in [5.74, 6) is 0. The largest absolute Gasteiger partial charge is 0.330 e. The Labute approximate surface area is 91.0 Å². The first-order valence-corrected chi connectivity index (χ1v) is 6.06. The number of rotatable bonds is 1. The molecule has 1 fully saturated rings. The van der Waals surface area contributed by atoms with Gasteiger partial charge in [-0.3, -0.25) is 0 Å². The van der Waals surface area contributed by atoms with Crippen LogP contribution in [0.5, 0.6) is 0 Å². The number of hydrogen-bond donors (Lipinski definition) is 1. The van der Waals surface area contributed by atoms with Crippen LogP contribution in [-0.4, -0.2) is 11.5 Å². The Morgan fingerprint density at radius 2 is 2.00 bits per heavy atom. The summed E-state index contributed by atoms with van der Waals surface area (Å²) in [6.45, 7) is 4.68. The zero-order valence-electron chi connectivity index (χ0n) is 8.88. The van der Waals surface area contributed by atoms with Gasteiger partial charge >= 0.3 is 8.60 Å². The maximum atomic E-state index is 9.39. The molecule has 0 amide bonds. The Morgan fingerprint density at radius 3 is 2.67 bits per heavy atom. The van der Waals surface area contributed by atoms with Crippen molar-refractivity contribution in [2.24, 2.45) is 5.41 Å². The highest BCUT2D eigenvalue weighted by atomic mass is 31.2. The molecule has 15 heavy (non-hydrogen) atoms. The van der Waals surface area contributed by atoms with Crippen LogP contribution in [0.25, 0.3) is 0 Å². The molecular formula is C11H15O3P. The van der Waals surface area contributed by atoms with E-state index < -0.39 is 8.60 Å². The van der Waals surface area contributed by atoms with Crippen LogP contribution in [0.4, 0.5) is 0 Å². The molecule has 2 rings (SSSR count). The predicted octanol–water partition coefficient (Wildman–Crippen LogP) is 3.02. The maximum absolute atomic E-state index is 9.39. The van der Waals surface area contributed by atoms with Crippen LogP contribution in [0.1, 0.15) is 25.5 Å². The van der Waals surface area contributed by atoms with Crippen LogP contribution in [-0.2, 0) is 9.05 Å². The summed E-state index contributed by atoms with van der Waals surface area (Å²) in [6.07, 6.45) is -0.0939. The zero-order chi connectivity index (χ0) is 10.9. The van der Waals surface area contributed by atoms with Gasteiger partial charge in [-0.05, 0) is 5.56 Å². The molecule has 1 N–H and O–H groups in total. The Kier molecular flexibility index (Phi) is 3.08. The third-order valence-electron chi connectivity index (χ3n) is 2.55. The van der Waals surface area contributed by atoms with E-state index in [1.807, 2.05) is 30.3 Å². The fraction of sp³-hybridized carbons (Fsp3) is 0.455. The second-order valence-electron chi connectivity index (χ2n) is 4.40. The Morgan fingerprint density at radius 1 is 1.33 bits per heavy atom. The van der Waals surface area contributed by atoms with Gasteiger partial charge in [0.05, 0.1) is 12.7 Å². The SMILES string of the molecule is CC1(C)COP(O)O[C@@H]1c1ccccc1. The molecule has 82 valence electrons. The van der Waals surface area contributed by atoms with Crippen molar-refractivity contribution >= 4 is 8.60 Å². The summed E-state index contributed by atoms with van der Waals surface area (Å²) in [4.78, 5) is 9.39. The van der Waals surface area contributed by atoms with Crippen molar-refractivity contribution in [3.8, 4) is 0 Å². The molecule has 1 aromatic rings. The molecule has 1 aliphatic heterocycles. The highest BCUT2D eigenvalue weighted by Gasteiger charge is 2.39. The molecule has 1 saturated heterocycles. The minimum atomic E-state index is -1.71. The van der Waals surface area contributed by atoms with Crippen molar-refractivity contribution in [2.75, 3.05) is 6.61 Å². The smallest absolute Gasteiger partial charge is 0.328 e. The molecule has 0 aromatic heterocycles. The lowest BCUT2D eigenvalue weighted by Crippen LogP contribution is -2.32. The molecule has 1 aromatic carbocycles. The van der Waals surface area contributed by atoms with Gasteiger partial charge in [-0.25, -0.2) is 0 Å².